The Bertz CT molecular complexity index is 604. The predicted molar refractivity (Wildman–Crippen MR) is 73.4 cm³/mol. The molecule has 0 unspecified atom stereocenters. The van der Waals surface area contributed by atoms with E-state index in [0.29, 0.717) is 18.2 Å². The van der Waals surface area contributed by atoms with E-state index in [0.717, 1.165) is 0 Å². The molecule has 3 nitrogen and oxygen atoms in total. The molecule has 21 heavy (non-hydrogen) atoms. The van der Waals surface area contributed by atoms with Gasteiger partial charge in [0.05, 0.1) is 21.8 Å². The van der Waals surface area contributed by atoms with Crippen LogP contribution in [0.4, 0.5) is 23.2 Å². The first-order valence-electron chi connectivity index (χ1n) is 6.17. The lowest BCUT2D eigenvalue weighted by molar-refractivity contribution is -0.137. The lowest BCUT2D eigenvalue weighted by atomic mass is 10.2. The summed E-state index contributed by atoms with van der Waals surface area (Å²) >= 11 is 0. The molecule has 0 bridgehead atoms. The zero-order valence-corrected chi connectivity index (χ0v) is 12.7. The Morgan fingerprint density at radius 2 is 1.71 bits per heavy atom. The number of hydrogen-bond donors (Lipinski definition) is 1. The molecule has 0 aromatic heterocycles. The van der Waals surface area contributed by atoms with Gasteiger partial charge in [0.2, 0.25) is 0 Å². The summed E-state index contributed by atoms with van der Waals surface area (Å²) in [6.07, 6.45) is -4.58. The first-order chi connectivity index (χ1) is 9.34. The van der Waals surface area contributed by atoms with Crippen LogP contribution < -0.4 is 5.32 Å². The van der Waals surface area contributed by atoms with E-state index in [1.165, 1.54) is 20.8 Å². The van der Waals surface area contributed by atoms with Crippen LogP contribution in [0.5, 0.6) is 0 Å². The van der Waals surface area contributed by atoms with Crippen LogP contribution in [0.3, 0.4) is 0 Å². The Kier molecular flexibility index (Phi) is 4.92. The monoisotopic (exact) mass is 327 g/mol. The van der Waals surface area contributed by atoms with Crippen molar-refractivity contribution < 1.29 is 26.0 Å². The summed E-state index contributed by atoms with van der Waals surface area (Å²) in [5.74, 6) is -1.16. The van der Waals surface area contributed by atoms with E-state index in [-0.39, 0.29) is 18.0 Å². The normalized spacial score (nSPS) is 13.3. The molecule has 0 atom stereocenters. The van der Waals surface area contributed by atoms with E-state index in [1.807, 2.05) is 0 Å². The van der Waals surface area contributed by atoms with Gasteiger partial charge in [0, 0.05) is 6.54 Å². The second-order valence-corrected chi connectivity index (χ2v) is 8.41. The van der Waals surface area contributed by atoms with Crippen molar-refractivity contribution in [3.05, 3.63) is 29.6 Å². The smallest absolute Gasteiger partial charge is 0.382 e. The lowest BCUT2D eigenvalue weighted by Crippen LogP contribution is -2.33. The van der Waals surface area contributed by atoms with Crippen LogP contribution in [-0.4, -0.2) is 25.5 Å². The van der Waals surface area contributed by atoms with Crippen molar-refractivity contribution in [1.29, 1.82) is 0 Å². The number of hydrogen-bond acceptors (Lipinski definition) is 3. The largest absolute Gasteiger partial charge is 0.416 e. The van der Waals surface area contributed by atoms with Gasteiger partial charge >= 0.3 is 6.18 Å². The molecule has 0 amide bonds. The molecular formula is C13H17F4NO2S. The van der Waals surface area contributed by atoms with Gasteiger partial charge in [-0.15, -0.1) is 0 Å². The van der Waals surface area contributed by atoms with E-state index in [2.05, 4.69) is 5.32 Å². The van der Waals surface area contributed by atoms with Gasteiger partial charge in [0.25, 0.3) is 0 Å². The van der Waals surface area contributed by atoms with E-state index < -0.39 is 32.1 Å². The molecule has 120 valence electrons. The second-order valence-electron chi connectivity index (χ2n) is 5.55. The minimum atomic E-state index is -4.58. The molecule has 0 radical (unpaired) electrons. The van der Waals surface area contributed by atoms with Gasteiger partial charge in [-0.2, -0.15) is 13.2 Å². The van der Waals surface area contributed by atoms with Crippen molar-refractivity contribution in [2.24, 2.45) is 0 Å². The summed E-state index contributed by atoms with van der Waals surface area (Å²) in [6.45, 7) is 4.39. The summed E-state index contributed by atoms with van der Waals surface area (Å²) in [5.41, 5.74) is -1.36. The van der Waals surface area contributed by atoms with Gasteiger partial charge < -0.3 is 5.32 Å². The van der Waals surface area contributed by atoms with Crippen LogP contribution >= 0.6 is 0 Å². The predicted octanol–water partition coefficient (Wildman–Crippen LogP) is 3.47. The molecule has 0 fully saturated rings. The topological polar surface area (TPSA) is 46.2 Å². The maximum Gasteiger partial charge on any atom is 0.416 e. The molecule has 1 aromatic rings. The number of sulfone groups is 1. The first-order valence-corrected chi connectivity index (χ1v) is 7.83. The van der Waals surface area contributed by atoms with Crippen molar-refractivity contribution in [3.63, 3.8) is 0 Å². The number of alkyl halides is 3. The molecule has 0 saturated heterocycles. The van der Waals surface area contributed by atoms with Crippen LogP contribution in [0.2, 0.25) is 0 Å². The fraction of sp³-hybridized carbons (Fsp3) is 0.538. The summed E-state index contributed by atoms with van der Waals surface area (Å²) < 4.78 is 73.7. The number of rotatable bonds is 4. The van der Waals surface area contributed by atoms with E-state index in [9.17, 15) is 26.0 Å². The lowest BCUT2D eigenvalue weighted by Gasteiger charge is -2.19. The minimum Gasteiger partial charge on any atom is -0.382 e. The molecule has 0 aliphatic carbocycles. The van der Waals surface area contributed by atoms with Crippen LogP contribution in [0.1, 0.15) is 26.3 Å². The average molecular weight is 327 g/mol. The zero-order valence-electron chi connectivity index (χ0n) is 11.9. The Balaban J connectivity index is 2.82. The van der Waals surface area contributed by atoms with E-state index in [1.54, 1.807) is 0 Å². The van der Waals surface area contributed by atoms with Gasteiger partial charge in [-0.3, -0.25) is 0 Å². The molecule has 0 heterocycles. The molecule has 1 rings (SSSR count). The molecule has 0 aliphatic rings. The van der Waals surface area contributed by atoms with E-state index >= 15 is 0 Å². The third-order valence-corrected chi connectivity index (χ3v) is 5.52. The average Bonchev–Trinajstić information content (AvgIpc) is 2.28. The molecule has 1 aromatic carbocycles. The van der Waals surface area contributed by atoms with Crippen LogP contribution in [0.25, 0.3) is 0 Å². The summed E-state index contributed by atoms with van der Waals surface area (Å²) in [4.78, 5) is 0. The quantitative estimate of drug-likeness (QED) is 0.862. The highest BCUT2D eigenvalue weighted by Gasteiger charge is 2.31. The number of halogens is 4. The Labute approximate surface area is 121 Å². The highest BCUT2D eigenvalue weighted by atomic mass is 32.2. The van der Waals surface area contributed by atoms with Crippen LogP contribution in [-0.2, 0) is 16.0 Å². The molecule has 8 heteroatoms. The fourth-order valence-corrected chi connectivity index (χ4v) is 2.45. The maximum atomic E-state index is 13.4. The molecule has 0 spiro atoms. The summed E-state index contributed by atoms with van der Waals surface area (Å²) in [6, 6.07) is 1.95. The van der Waals surface area contributed by atoms with E-state index in [4.69, 9.17) is 0 Å². The second kappa shape index (κ2) is 5.82. The Morgan fingerprint density at radius 3 is 2.19 bits per heavy atom. The van der Waals surface area contributed by atoms with Gasteiger partial charge in [-0.05, 0) is 39.0 Å². The molecule has 0 saturated carbocycles. The summed E-state index contributed by atoms with van der Waals surface area (Å²) in [7, 11) is -3.43. The Hall–Kier alpha value is -1.31. The number of benzene rings is 1. The fourth-order valence-electron chi connectivity index (χ4n) is 1.46. The SMILES string of the molecule is CC(C)(C)S(=O)(=O)CCNc1cc(C(F)(F)F)ccc1F. The highest BCUT2D eigenvalue weighted by Crippen LogP contribution is 2.31. The van der Waals surface area contributed by atoms with Crippen molar-refractivity contribution in [2.75, 3.05) is 17.6 Å². The van der Waals surface area contributed by atoms with Crippen molar-refractivity contribution >= 4 is 15.5 Å². The zero-order chi connectivity index (χ0) is 16.5. The highest BCUT2D eigenvalue weighted by molar-refractivity contribution is 7.92. The van der Waals surface area contributed by atoms with Gasteiger partial charge in [-0.1, -0.05) is 0 Å². The van der Waals surface area contributed by atoms with Crippen molar-refractivity contribution in [3.8, 4) is 0 Å². The number of nitrogens with one attached hydrogen (secondary N) is 1. The van der Waals surface area contributed by atoms with Gasteiger partial charge in [0.1, 0.15) is 5.82 Å². The Morgan fingerprint density at radius 1 is 1.14 bits per heavy atom. The maximum absolute atomic E-state index is 13.4. The molecule has 1 N–H and O–H groups in total. The van der Waals surface area contributed by atoms with Gasteiger partial charge in [0.15, 0.2) is 9.84 Å². The third kappa shape index (κ3) is 4.59. The molecular weight excluding hydrogens is 310 g/mol. The van der Waals surface area contributed by atoms with Crippen molar-refractivity contribution in [2.45, 2.75) is 31.7 Å². The van der Waals surface area contributed by atoms with Crippen LogP contribution in [0, 0.1) is 5.82 Å². The summed E-state index contributed by atoms with van der Waals surface area (Å²) in [5, 5.41) is 2.40. The van der Waals surface area contributed by atoms with Crippen LogP contribution in [0.15, 0.2) is 18.2 Å². The third-order valence-electron chi connectivity index (χ3n) is 2.91. The van der Waals surface area contributed by atoms with Gasteiger partial charge in [-0.25, -0.2) is 12.8 Å². The minimum absolute atomic E-state index is 0.169. The number of anilines is 1. The van der Waals surface area contributed by atoms with Crippen molar-refractivity contribution in [1.82, 2.24) is 0 Å². The molecule has 0 aliphatic heterocycles. The standard InChI is InChI=1S/C13H17F4NO2S/c1-12(2,3)21(19,20)7-6-18-11-8-9(13(15,16)17)4-5-10(11)14/h4-5,8,18H,6-7H2,1-3H3. The first kappa shape index (κ1) is 17.7.